The third-order valence-electron chi connectivity index (χ3n) is 7.83. The Morgan fingerprint density at radius 1 is 1.03 bits per heavy atom. The second-order valence-corrected chi connectivity index (χ2v) is 10.4. The van der Waals surface area contributed by atoms with Crippen LogP contribution >= 0.6 is 11.6 Å². The van der Waals surface area contributed by atoms with Crippen molar-refractivity contribution in [3.8, 4) is 0 Å². The van der Waals surface area contributed by atoms with Gasteiger partial charge in [0.2, 0.25) is 0 Å². The molecule has 6 rings (SSSR count). The first kappa shape index (κ1) is 21.7. The Morgan fingerprint density at radius 2 is 1.76 bits per heavy atom. The van der Waals surface area contributed by atoms with Crippen molar-refractivity contribution in [3.63, 3.8) is 0 Å². The summed E-state index contributed by atoms with van der Waals surface area (Å²) in [5.41, 5.74) is 2.92. The zero-order valence-corrected chi connectivity index (χ0v) is 20.2. The fraction of sp³-hybridized carbons (Fsp3) is 0.462. The molecule has 0 radical (unpaired) electrons. The standard InChI is InChI=1S/C26H28ClFN6/c1-15-11-34(20-7-5-19(28)6-8-20)26-24(15)25(27)31-22(32-26)10-21-17-3-4-18(21)13-33(12-17)23-9-16(2)29-14-30-23/h5-9,14-15,17-18,21H,3-4,10-13H2,1-2H3/t15-,17?,18?,21?/m1/s1. The van der Waals surface area contributed by atoms with Crippen molar-refractivity contribution in [3.05, 3.63) is 64.7 Å². The lowest BCUT2D eigenvalue weighted by atomic mass is 9.82. The molecule has 3 aromatic rings. The van der Waals surface area contributed by atoms with Gasteiger partial charge in [-0.15, -0.1) is 0 Å². The first-order valence-corrected chi connectivity index (χ1v) is 12.5. The minimum atomic E-state index is -0.239. The highest BCUT2D eigenvalue weighted by Crippen LogP contribution is 2.46. The first-order chi connectivity index (χ1) is 16.5. The highest BCUT2D eigenvalue weighted by Gasteiger charge is 2.43. The Bertz CT molecular complexity index is 1200. The fourth-order valence-electron chi connectivity index (χ4n) is 6.17. The fourth-order valence-corrected chi connectivity index (χ4v) is 6.54. The smallest absolute Gasteiger partial charge is 0.141 e. The summed E-state index contributed by atoms with van der Waals surface area (Å²) >= 11 is 6.71. The molecular formula is C26H28ClFN6. The second kappa shape index (κ2) is 8.45. The van der Waals surface area contributed by atoms with E-state index in [9.17, 15) is 4.39 Å². The number of aryl methyl sites for hydroxylation is 1. The number of rotatable bonds is 4. The van der Waals surface area contributed by atoms with Crippen molar-refractivity contribution in [2.24, 2.45) is 17.8 Å². The van der Waals surface area contributed by atoms with Gasteiger partial charge in [0.05, 0.1) is 0 Å². The van der Waals surface area contributed by atoms with Gasteiger partial charge in [-0.1, -0.05) is 18.5 Å². The molecule has 2 unspecified atom stereocenters. The zero-order chi connectivity index (χ0) is 23.4. The summed E-state index contributed by atoms with van der Waals surface area (Å²) < 4.78 is 13.5. The quantitative estimate of drug-likeness (QED) is 0.472. The SMILES string of the molecule is Cc1cc(N2CC3CCC(C2)C3Cc2nc(Cl)c3c(n2)N(c2ccc(F)cc2)C[C@H]3C)ncn1. The number of anilines is 3. The zero-order valence-electron chi connectivity index (χ0n) is 19.5. The summed E-state index contributed by atoms with van der Waals surface area (Å²) in [6, 6.07) is 8.67. The number of halogens is 2. The van der Waals surface area contributed by atoms with Gasteiger partial charge in [-0.05, 0) is 61.8 Å². The number of benzene rings is 1. The average Bonchev–Trinajstić information content (AvgIpc) is 3.25. The van der Waals surface area contributed by atoms with E-state index < -0.39 is 0 Å². The molecule has 1 saturated heterocycles. The molecule has 1 aromatic carbocycles. The van der Waals surface area contributed by atoms with Gasteiger partial charge in [-0.25, -0.2) is 24.3 Å². The van der Waals surface area contributed by atoms with Crippen molar-refractivity contribution < 1.29 is 4.39 Å². The van der Waals surface area contributed by atoms with Crippen LogP contribution in [0.5, 0.6) is 0 Å². The van der Waals surface area contributed by atoms with Crippen LogP contribution in [0.1, 0.15) is 42.8 Å². The van der Waals surface area contributed by atoms with Crippen molar-refractivity contribution in [2.45, 2.75) is 39.0 Å². The maximum absolute atomic E-state index is 13.5. The van der Waals surface area contributed by atoms with E-state index in [0.29, 0.717) is 22.9 Å². The topological polar surface area (TPSA) is 58.0 Å². The van der Waals surface area contributed by atoms with E-state index in [4.69, 9.17) is 21.6 Å². The van der Waals surface area contributed by atoms with E-state index in [1.807, 2.05) is 6.92 Å². The molecule has 0 N–H and O–H groups in total. The first-order valence-electron chi connectivity index (χ1n) is 12.1. The third-order valence-corrected chi connectivity index (χ3v) is 8.12. The molecule has 2 bridgehead atoms. The van der Waals surface area contributed by atoms with Gasteiger partial charge in [0.25, 0.3) is 0 Å². The van der Waals surface area contributed by atoms with Crippen LogP contribution in [0.4, 0.5) is 21.7 Å². The van der Waals surface area contributed by atoms with Crippen molar-refractivity contribution in [1.29, 1.82) is 0 Å². The lowest BCUT2D eigenvalue weighted by Crippen LogP contribution is -2.43. The van der Waals surface area contributed by atoms with Crippen LogP contribution in [-0.2, 0) is 6.42 Å². The van der Waals surface area contributed by atoms with Gasteiger partial charge < -0.3 is 9.80 Å². The molecule has 8 heteroatoms. The minimum absolute atomic E-state index is 0.220. The molecule has 176 valence electrons. The van der Waals surface area contributed by atoms with Gasteiger partial charge in [0.1, 0.15) is 34.8 Å². The van der Waals surface area contributed by atoms with Crippen molar-refractivity contribution >= 4 is 28.9 Å². The number of hydrogen-bond acceptors (Lipinski definition) is 6. The Labute approximate surface area is 204 Å². The summed E-state index contributed by atoms with van der Waals surface area (Å²) in [6.07, 6.45) is 4.96. The third kappa shape index (κ3) is 3.80. The predicted octanol–water partition coefficient (Wildman–Crippen LogP) is 5.33. The van der Waals surface area contributed by atoms with E-state index in [1.165, 1.54) is 25.0 Å². The predicted molar refractivity (Wildman–Crippen MR) is 131 cm³/mol. The van der Waals surface area contributed by atoms with E-state index in [-0.39, 0.29) is 11.7 Å². The maximum atomic E-state index is 13.5. The molecular weight excluding hydrogens is 451 g/mol. The molecule has 1 saturated carbocycles. The van der Waals surface area contributed by atoms with E-state index in [1.54, 1.807) is 18.5 Å². The van der Waals surface area contributed by atoms with E-state index in [0.717, 1.165) is 60.5 Å². The van der Waals surface area contributed by atoms with Gasteiger partial charge >= 0.3 is 0 Å². The minimum Gasteiger partial charge on any atom is -0.356 e. The molecule has 0 spiro atoms. The Balaban J connectivity index is 1.25. The Morgan fingerprint density at radius 3 is 2.47 bits per heavy atom. The second-order valence-electron chi connectivity index (χ2n) is 10.0. The van der Waals surface area contributed by atoms with Crippen LogP contribution in [0, 0.1) is 30.5 Å². The van der Waals surface area contributed by atoms with Crippen molar-refractivity contribution in [1.82, 2.24) is 19.9 Å². The van der Waals surface area contributed by atoms with Crippen LogP contribution in [0.15, 0.2) is 36.7 Å². The molecule has 1 aliphatic carbocycles. The largest absolute Gasteiger partial charge is 0.356 e. The van der Waals surface area contributed by atoms with Gasteiger partial charge in [0.15, 0.2) is 0 Å². The molecule has 34 heavy (non-hydrogen) atoms. The number of hydrogen-bond donors (Lipinski definition) is 0. The van der Waals surface area contributed by atoms with Crippen LogP contribution in [0.25, 0.3) is 0 Å². The lowest BCUT2D eigenvalue weighted by Gasteiger charge is -2.38. The van der Waals surface area contributed by atoms with E-state index >= 15 is 0 Å². The lowest BCUT2D eigenvalue weighted by molar-refractivity contribution is 0.265. The molecule has 2 aromatic heterocycles. The molecule has 4 heterocycles. The number of nitrogens with zero attached hydrogens (tertiary/aromatic N) is 6. The molecule has 2 aliphatic heterocycles. The summed E-state index contributed by atoms with van der Waals surface area (Å²) in [7, 11) is 0. The Kier molecular flexibility index (Phi) is 5.40. The van der Waals surface area contributed by atoms with Gasteiger partial charge in [-0.3, -0.25) is 0 Å². The Hall–Kier alpha value is -2.80. The highest BCUT2D eigenvalue weighted by molar-refractivity contribution is 6.30. The maximum Gasteiger partial charge on any atom is 0.141 e. The number of aromatic nitrogens is 4. The van der Waals surface area contributed by atoms with Crippen molar-refractivity contribution in [2.75, 3.05) is 29.4 Å². The van der Waals surface area contributed by atoms with Crippen LogP contribution < -0.4 is 9.80 Å². The monoisotopic (exact) mass is 478 g/mol. The van der Waals surface area contributed by atoms with Gasteiger partial charge in [0, 0.05) is 55.0 Å². The molecule has 0 amide bonds. The molecule has 3 atom stereocenters. The normalized spacial score (nSPS) is 25.6. The number of fused-ring (bicyclic) bond motifs is 3. The summed E-state index contributed by atoms with van der Waals surface area (Å²) in [5.74, 6) is 4.44. The average molecular weight is 479 g/mol. The van der Waals surface area contributed by atoms with Crippen LogP contribution in [0.2, 0.25) is 5.15 Å². The van der Waals surface area contributed by atoms with Crippen LogP contribution in [0.3, 0.4) is 0 Å². The summed E-state index contributed by atoms with van der Waals surface area (Å²) in [4.78, 5) is 23.1. The number of piperidine rings is 1. The highest BCUT2D eigenvalue weighted by atomic mass is 35.5. The summed E-state index contributed by atoms with van der Waals surface area (Å²) in [6.45, 7) is 6.94. The van der Waals surface area contributed by atoms with E-state index in [2.05, 4.69) is 32.8 Å². The molecule has 6 nitrogen and oxygen atoms in total. The van der Waals surface area contributed by atoms with Crippen LogP contribution in [-0.4, -0.2) is 39.6 Å². The van der Waals surface area contributed by atoms with Gasteiger partial charge in [-0.2, -0.15) is 0 Å². The molecule has 3 aliphatic rings. The summed E-state index contributed by atoms with van der Waals surface area (Å²) in [5, 5.41) is 0.554. The molecule has 2 fully saturated rings.